The van der Waals surface area contributed by atoms with Gasteiger partial charge in [0.25, 0.3) is 11.8 Å². The highest BCUT2D eigenvalue weighted by Crippen LogP contribution is 2.49. The zero-order valence-electron chi connectivity index (χ0n) is 28.8. The standard InChI is InChI=1S/C29H31ClN10O14S2/c1-28(2,24(48)49)54-36-15(12-9-55-26(31)33-12)18(43)34-16-22(47)37-10-29(25(50)51,56-23(16)37)38-7-8-39(27(38)52)35-20(45)19(44)32-5-6-40(53)21(46)11-3-4-13(41)17(42)14(11)30/h3-4,9,16,23,41-42,53H,5-8,10H2,1-2H3,(H2,31,33)(H,32,44)(H,34,43)(H,35,45)(H,48,49)(H,50,51)/b36-15-/t16?,23-,29?/m1/s1. The summed E-state index contributed by atoms with van der Waals surface area (Å²) in [4.78, 5) is 111. The molecule has 3 aliphatic heterocycles. The first-order chi connectivity index (χ1) is 26.2. The number of nitrogens with two attached hydrogens (primary N) is 1. The Bertz CT molecular complexity index is 2070. The molecule has 5 rings (SSSR count). The van der Waals surface area contributed by atoms with Gasteiger partial charge in [0.15, 0.2) is 22.3 Å². The predicted octanol–water partition coefficient (Wildman–Crippen LogP) is -2.03. The number of nitrogen functional groups attached to an aromatic ring is 1. The molecule has 300 valence electrons. The van der Waals surface area contributed by atoms with Gasteiger partial charge in [0, 0.05) is 18.5 Å². The molecule has 4 heterocycles. The van der Waals surface area contributed by atoms with Crippen LogP contribution in [0.4, 0.5) is 9.93 Å². The molecule has 3 saturated heterocycles. The number of hydrogen-bond acceptors (Lipinski definition) is 17. The number of aromatic nitrogens is 1. The molecule has 2 aromatic rings. The van der Waals surface area contributed by atoms with Crippen LogP contribution in [0.2, 0.25) is 5.02 Å². The minimum absolute atomic E-state index is 0.0331. The third kappa shape index (κ3) is 7.70. The van der Waals surface area contributed by atoms with Crippen LogP contribution in [0.15, 0.2) is 22.7 Å². The number of nitrogens with one attached hydrogen (secondary N) is 3. The van der Waals surface area contributed by atoms with E-state index in [2.05, 4.69) is 20.8 Å². The Morgan fingerprint density at radius 1 is 1.12 bits per heavy atom. The van der Waals surface area contributed by atoms with Crippen molar-refractivity contribution >= 4 is 93.0 Å². The molecule has 0 spiro atoms. The summed E-state index contributed by atoms with van der Waals surface area (Å²) in [5, 5.41) is 57.8. The van der Waals surface area contributed by atoms with E-state index in [0.29, 0.717) is 16.8 Å². The average molecular weight is 843 g/mol. The number of halogens is 1. The van der Waals surface area contributed by atoms with Crippen LogP contribution in [0.5, 0.6) is 11.5 Å². The van der Waals surface area contributed by atoms with E-state index in [1.807, 2.05) is 5.43 Å². The molecule has 1 aromatic heterocycles. The van der Waals surface area contributed by atoms with Crippen LogP contribution in [0.1, 0.15) is 29.9 Å². The van der Waals surface area contributed by atoms with Crippen molar-refractivity contribution in [3.8, 4) is 11.5 Å². The number of aliphatic carboxylic acids is 2. The number of carboxylic acid groups (broad SMARTS) is 2. The number of carboxylic acids is 2. The number of aromatic hydroxyl groups is 2. The number of oxime groups is 1. The largest absolute Gasteiger partial charge is 0.504 e. The molecule has 0 radical (unpaired) electrons. The maximum Gasteiger partial charge on any atom is 0.350 e. The molecule has 2 unspecified atom stereocenters. The lowest BCUT2D eigenvalue weighted by Crippen LogP contribution is -2.68. The van der Waals surface area contributed by atoms with E-state index in [-0.39, 0.29) is 34.5 Å². The predicted molar refractivity (Wildman–Crippen MR) is 189 cm³/mol. The summed E-state index contributed by atoms with van der Waals surface area (Å²) < 4.78 is 0. The van der Waals surface area contributed by atoms with E-state index >= 15 is 0 Å². The second-order valence-corrected chi connectivity index (χ2v) is 15.1. The van der Waals surface area contributed by atoms with Gasteiger partial charge in [-0.05, 0) is 26.0 Å². The molecule has 7 amide bonds. The van der Waals surface area contributed by atoms with Crippen molar-refractivity contribution in [3.05, 3.63) is 33.8 Å². The number of β-lactam (4-membered cyclic amide) rings is 1. The third-order valence-corrected chi connectivity index (χ3v) is 11.1. The van der Waals surface area contributed by atoms with Gasteiger partial charge in [-0.1, -0.05) is 28.5 Å². The third-order valence-electron chi connectivity index (χ3n) is 8.38. The highest BCUT2D eigenvalue weighted by Gasteiger charge is 2.66. The number of phenolic OH excluding ortho intramolecular Hbond substituents is 2. The number of carbonyl (C=O) groups is 8. The Morgan fingerprint density at radius 2 is 1.82 bits per heavy atom. The Hall–Kier alpha value is -6.12. The Kier molecular flexibility index (Phi) is 11.4. The molecule has 10 N–H and O–H groups in total. The number of rotatable bonds is 13. The number of benzene rings is 1. The number of fused-ring (bicyclic) bond motifs is 1. The van der Waals surface area contributed by atoms with Crippen LogP contribution in [0.25, 0.3) is 0 Å². The fourth-order valence-electron chi connectivity index (χ4n) is 5.28. The average Bonchev–Trinajstić information content (AvgIpc) is 3.85. The minimum Gasteiger partial charge on any atom is -0.504 e. The molecule has 0 aliphatic carbocycles. The van der Waals surface area contributed by atoms with Crippen molar-refractivity contribution in [2.24, 2.45) is 5.16 Å². The van der Waals surface area contributed by atoms with Gasteiger partial charge in [0.2, 0.25) is 16.4 Å². The molecule has 3 aliphatic rings. The number of amides is 7. The normalized spacial score (nSPS) is 20.6. The molecule has 1 aromatic carbocycles. The van der Waals surface area contributed by atoms with Gasteiger partial charge >= 0.3 is 29.8 Å². The monoisotopic (exact) mass is 842 g/mol. The van der Waals surface area contributed by atoms with Gasteiger partial charge in [-0.25, -0.2) is 29.4 Å². The van der Waals surface area contributed by atoms with Gasteiger partial charge in [0.1, 0.15) is 17.1 Å². The second-order valence-electron chi connectivity index (χ2n) is 12.4. The van der Waals surface area contributed by atoms with Gasteiger partial charge < -0.3 is 46.5 Å². The van der Waals surface area contributed by atoms with Crippen LogP contribution >= 0.6 is 34.7 Å². The van der Waals surface area contributed by atoms with Crippen molar-refractivity contribution in [2.45, 2.75) is 35.7 Å². The molecule has 3 atom stereocenters. The van der Waals surface area contributed by atoms with Crippen LogP contribution < -0.4 is 21.8 Å². The lowest BCUT2D eigenvalue weighted by atomic mass is 10.1. The number of hydroxylamine groups is 2. The number of urea groups is 1. The number of phenols is 2. The lowest BCUT2D eigenvalue weighted by molar-refractivity contribution is -0.161. The molecule has 0 bridgehead atoms. The minimum atomic E-state index is -2.11. The maximum atomic E-state index is 13.4. The van der Waals surface area contributed by atoms with Crippen LogP contribution in [0.3, 0.4) is 0 Å². The van der Waals surface area contributed by atoms with E-state index in [9.17, 15) is 64.0 Å². The van der Waals surface area contributed by atoms with Crippen LogP contribution in [0, 0.1) is 0 Å². The van der Waals surface area contributed by atoms with Crippen molar-refractivity contribution in [1.82, 2.24) is 40.9 Å². The van der Waals surface area contributed by atoms with Gasteiger partial charge in [0.05, 0.1) is 30.2 Å². The van der Waals surface area contributed by atoms with E-state index in [0.717, 1.165) is 33.3 Å². The smallest absolute Gasteiger partial charge is 0.350 e. The highest BCUT2D eigenvalue weighted by molar-refractivity contribution is 8.02. The van der Waals surface area contributed by atoms with Gasteiger partial charge in [-0.3, -0.25) is 39.5 Å². The molecular formula is C29H31ClN10O14S2. The number of nitrogens with zero attached hydrogens (tertiary/aromatic N) is 6. The quantitative estimate of drug-likeness (QED) is 0.0262. The fraction of sp³-hybridized carbons (Fsp3) is 0.379. The summed E-state index contributed by atoms with van der Waals surface area (Å²) in [6.07, 6.45) is 0. The van der Waals surface area contributed by atoms with Crippen molar-refractivity contribution in [3.63, 3.8) is 0 Å². The SMILES string of the molecule is CC(C)(O/N=C(\C(=O)NC1C(=O)N2CC(C(=O)O)(N3CCN(NC(=O)C(=O)NCCN(O)C(=O)c4ccc(O)c(O)c4Cl)C3=O)S[C@H]12)c1csc(N)n1)C(=O)O. The number of hydrogen-bond donors (Lipinski definition) is 9. The number of hydrazine groups is 1. The molecule has 24 nitrogen and oxygen atoms in total. The molecule has 56 heavy (non-hydrogen) atoms. The van der Waals surface area contributed by atoms with E-state index < -0.39 is 111 Å². The molecule has 0 saturated carbocycles. The van der Waals surface area contributed by atoms with Crippen molar-refractivity contribution in [1.29, 1.82) is 0 Å². The van der Waals surface area contributed by atoms with Crippen LogP contribution in [-0.4, -0.2) is 158 Å². The Labute approximate surface area is 326 Å². The van der Waals surface area contributed by atoms with E-state index in [4.69, 9.17) is 22.2 Å². The van der Waals surface area contributed by atoms with E-state index in [1.165, 1.54) is 19.2 Å². The van der Waals surface area contributed by atoms with E-state index in [1.54, 1.807) is 0 Å². The zero-order valence-corrected chi connectivity index (χ0v) is 31.2. The van der Waals surface area contributed by atoms with Gasteiger partial charge in [-0.15, -0.1) is 11.3 Å². The second kappa shape index (κ2) is 15.6. The molecular weight excluding hydrogens is 812 g/mol. The summed E-state index contributed by atoms with van der Waals surface area (Å²) in [5.41, 5.74) is 4.83. The Balaban J connectivity index is 1.19. The van der Waals surface area contributed by atoms with Crippen molar-refractivity contribution in [2.75, 3.05) is 38.5 Å². The summed E-state index contributed by atoms with van der Waals surface area (Å²) in [6.45, 7) is 0.161. The topological polar surface area (TPSA) is 347 Å². The number of thiazole rings is 1. The highest BCUT2D eigenvalue weighted by atomic mass is 35.5. The summed E-state index contributed by atoms with van der Waals surface area (Å²) >= 11 is 7.41. The first-order valence-corrected chi connectivity index (χ1v) is 18.0. The fourth-order valence-corrected chi connectivity index (χ4v) is 7.71. The maximum absolute atomic E-state index is 13.4. The van der Waals surface area contributed by atoms with Crippen LogP contribution in [-0.2, 0) is 33.6 Å². The van der Waals surface area contributed by atoms with Gasteiger partial charge in [-0.2, -0.15) is 0 Å². The van der Waals surface area contributed by atoms with Crippen molar-refractivity contribution < 1.29 is 68.8 Å². The number of carbonyl (C=O) groups excluding carboxylic acids is 6. The summed E-state index contributed by atoms with van der Waals surface area (Å²) in [6, 6.07) is -0.406. The number of thioether (sulfide) groups is 1. The summed E-state index contributed by atoms with van der Waals surface area (Å²) in [7, 11) is 0. The first-order valence-electron chi connectivity index (χ1n) is 15.8. The first kappa shape index (κ1) is 41.1. The Morgan fingerprint density at radius 3 is 2.45 bits per heavy atom. The lowest BCUT2D eigenvalue weighted by Gasteiger charge is -2.41. The number of anilines is 1. The molecule has 3 fully saturated rings. The zero-order chi connectivity index (χ0) is 41.4. The summed E-state index contributed by atoms with van der Waals surface area (Å²) in [5.74, 6) is -9.91. The molecule has 27 heteroatoms.